The van der Waals surface area contributed by atoms with Crippen LogP contribution in [-0.2, 0) is 9.53 Å². The first-order valence-electron chi connectivity index (χ1n) is 10.0. The van der Waals surface area contributed by atoms with Crippen molar-refractivity contribution in [3.63, 3.8) is 0 Å². The van der Waals surface area contributed by atoms with Gasteiger partial charge in [0.05, 0.1) is 18.7 Å². The van der Waals surface area contributed by atoms with Gasteiger partial charge in [-0.1, -0.05) is 6.42 Å². The molecule has 0 radical (unpaired) electrons. The lowest BCUT2D eigenvalue weighted by atomic mass is 10.2. The Morgan fingerprint density at radius 2 is 1.97 bits per heavy atom. The molecule has 2 heterocycles. The Hall–Kier alpha value is -2.90. The average molecular weight is 399 g/mol. The van der Waals surface area contributed by atoms with Crippen LogP contribution in [0, 0.1) is 13.8 Å². The Morgan fingerprint density at radius 3 is 2.69 bits per heavy atom. The van der Waals surface area contributed by atoms with Crippen molar-refractivity contribution in [3.8, 4) is 5.75 Å². The van der Waals surface area contributed by atoms with E-state index in [2.05, 4.69) is 21.6 Å². The van der Waals surface area contributed by atoms with Crippen LogP contribution in [0.1, 0.15) is 50.9 Å². The van der Waals surface area contributed by atoms with Crippen LogP contribution in [0.3, 0.4) is 0 Å². The zero-order valence-corrected chi connectivity index (χ0v) is 17.8. The number of hydrogen-bond donors (Lipinski definition) is 1. The van der Waals surface area contributed by atoms with Crippen LogP contribution in [0.4, 0.5) is 5.82 Å². The summed E-state index contributed by atoms with van der Waals surface area (Å²) < 4.78 is 12.7. The number of unbranched alkanes of at least 4 members (excludes halogenated alkanes) is 2. The first-order valence-corrected chi connectivity index (χ1v) is 10.0. The van der Waals surface area contributed by atoms with Gasteiger partial charge in [0.25, 0.3) is 0 Å². The highest BCUT2D eigenvalue weighted by atomic mass is 16.5. The van der Waals surface area contributed by atoms with Gasteiger partial charge in [-0.2, -0.15) is 0 Å². The quantitative estimate of drug-likeness (QED) is 0.432. The first kappa shape index (κ1) is 20.8. The molecular weight excluding hydrogens is 370 g/mol. The molecule has 0 aliphatic rings. The molecule has 0 spiro atoms. The molecule has 1 aromatic carbocycles. The molecule has 156 valence electrons. The minimum Gasteiger partial charge on any atom is -0.494 e. The highest BCUT2D eigenvalue weighted by Crippen LogP contribution is 2.29. The molecule has 3 rings (SSSR count). The van der Waals surface area contributed by atoms with Crippen molar-refractivity contribution in [2.24, 2.45) is 0 Å². The summed E-state index contributed by atoms with van der Waals surface area (Å²) in [5, 5.41) is 11.9. The van der Waals surface area contributed by atoms with Gasteiger partial charge in [0.15, 0.2) is 5.82 Å². The molecule has 8 nitrogen and oxygen atoms in total. The van der Waals surface area contributed by atoms with Crippen molar-refractivity contribution in [1.82, 2.24) is 19.6 Å². The minimum absolute atomic E-state index is 0.0575. The Kier molecular flexibility index (Phi) is 6.51. The van der Waals surface area contributed by atoms with Gasteiger partial charge in [-0.05, 0) is 58.2 Å². The number of methoxy groups -OCH3 is 1. The second kappa shape index (κ2) is 9.07. The minimum atomic E-state index is -0.132. The third-order valence-corrected chi connectivity index (χ3v) is 4.64. The second-order valence-electron chi connectivity index (χ2n) is 7.48. The highest BCUT2D eigenvalue weighted by Gasteiger charge is 2.16. The zero-order valence-electron chi connectivity index (χ0n) is 17.8. The van der Waals surface area contributed by atoms with Gasteiger partial charge >= 0.3 is 5.97 Å². The summed E-state index contributed by atoms with van der Waals surface area (Å²) in [7, 11) is 1.65. The maximum Gasteiger partial charge on any atom is 0.306 e. The number of aromatic nitrogens is 4. The Balaban J connectivity index is 1.71. The summed E-state index contributed by atoms with van der Waals surface area (Å²) in [6, 6.07) is 4.04. The van der Waals surface area contributed by atoms with Crippen LogP contribution in [0.2, 0.25) is 0 Å². The smallest absolute Gasteiger partial charge is 0.306 e. The zero-order chi connectivity index (χ0) is 21.0. The molecule has 0 bridgehead atoms. The largest absolute Gasteiger partial charge is 0.494 e. The number of carbonyl (C=O) groups is 1. The number of esters is 1. The van der Waals surface area contributed by atoms with Gasteiger partial charge in [-0.15, -0.1) is 10.2 Å². The van der Waals surface area contributed by atoms with Crippen LogP contribution in [0.5, 0.6) is 5.75 Å². The standard InChI is InChI=1S/C21H29N5O3/c1-13(2)29-18(27)9-7-6-8-10-22-20-21-25-24-15(4)26(21)16-11-14(3)12-17(28-5)19(16)23-20/h11-13H,6-10H2,1-5H3,(H,22,23). The maximum atomic E-state index is 11.6. The number of ether oxygens (including phenoxy) is 2. The second-order valence-corrected chi connectivity index (χ2v) is 7.48. The molecule has 0 aliphatic heterocycles. The Morgan fingerprint density at radius 1 is 1.17 bits per heavy atom. The van der Waals surface area contributed by atoms with Crippen molar-refractivity contribution >= 4 is 28.5 Å². The molecule has 0 fully saturated rings. The number of hydrogen-bond acceptors (Lipinski definition) is 7. The van der Waals surface area contributed by atoms with Gasteiger partial charge in [-0.3, -0.25) is 9.20 Å². The van der Waals surface area contributed by atoms with Crippen molar-refractivity contribution < 1.29 is 14.3 Å². The topological polar surface area (TPSA) is 90.6 Å². The summed E-state index contributed by atoms with van der Waals surface area (Å²) in [6.45, 7) is 8.40. The van der Waals surface area contributed by atoms with E-state index in [0.29, 0.717) is 17.9 Å². The monoisotopic (exact) mass is 399 g/mol. The van der Waals surface area contributed by atoms with E-state index in [9.17, 15) is 4.79 Å². The molecule has 2 aromatic heterocycles. The summed E-state index contributed by atoms with van der Waals surface area (Å²) in [4.78, 5) is 16.4. The van der Waals surface area contributed by atoms with E-state index in [1.807, 2.05) is 38.2 Å². The third kappa shape index (κ3) is 4.75. The van der Waals surface area contributed by atoms with Crippen molar-refractivity contribution in [3.05, 3.63) is 23.5 Å². The van der Waals surface area contributed by atoms with Gasteiger partial charge in [0, 0.05) is 13.0 Å². The number of aryl methyl sites for hydroxylation is 2. The molecule has 0 amide bonds. The van der Waals surface area contributed by atoms with E-state index < -0.39 is 0 Å². The van der Waals surface area contributed by atoms with Gasteiger partial charge < -0.3 is 14.8 Å². The molecule has 0 unspecified atom stereocenters. The number of rotatable bonds is 9. The number of carbonyl (C=O) groups excluding carboxylic acids is 1. The fourth-order valence-electron chi connectivity index (χ4n) is 3.35. The lowest BCUT2D eigenvalue weighted by molar-refractivity contribution is -0.147. The molecule has 0 saturated heterocycles. The fourth-order valence-corrected chi connectivity index (χ4v) is 3.35. The normalized spacial score (nSPS) is 11.4. The van der Waals surface area contributed by atoms with Gasteiger partial charge in [0.2, 0.25) is 5.65 Å². The van der Waals surface area contributed by atoms with Crippen molar-refractivity contribution in [2.75, 3.05) is 19.0 Å². The lowest BCUT2D eigenvalue weighted by Crippen LogP contribution is -2.11. The van der Waals surface area contributed by atoms with Crippen LogP contribution in [0.25, 0.3) is 16.7 Å². The fraction of sp³-hybridized carbons (Fsp3) is 0.524. The van der Waals surface area contributed by atoms with E-state index in [1.54, 1.807) is 7.11 Å². The third-order valence-electron chi connectivity index (χ3n) is 4.64. The molecular formula is C21H29N5O3. The number of nitrogens with one attached hydrogen (secondary N) is 1. The predicted molar refractivity (Wildman–Crippen MR) is 112 cm³/mol. The van der Waals surface area contributed by atoms with E-state index >= 15 is 0 Å². The number of benzene rings is 1. The summed E-state index contributed by atoms with van der Waals surface area (Å²) >= 11 is 0. The predicted octanol–water partition coefficient (Wildman–Crippen LogP) is 3.83. The molecule has 0 aliphatic carbocycles. The molecule has 3 aromatic rings. The van der Waals surface area contributed by atoms with Gasteiger partial charge in [-0.25, -0.2) is 4.98 Å². The summed E-state index contributed by atoms with van der Waals surface area (Å²) in [5.74, 6) is 2.07. The molecule has 0 saturated carbocycles. The van der Waals surface area contributed by atoms with Crippen molar-refractivity contribution in [2.45, 2.75) is 59.5 Å². The van der Waals surface area contributed by atoms with Crippen molar-refractivity contribution in [1.29, 1.82) is 0 Å². The van der Waals surface area contributed by atoms with Crippen LogP contribution < -0.4 is 10.1 Å². The van der Waals surface area contributed by atoms with Gasteiger partial charge in [0.1, 0.15) is 17.1 Å². The van der Waals surface area contributed by atoms with Crippen LogP contribution >= 0.6 is 0 Å². The highest BCUT2D eigenvalue weighted by molar-refractivity contribution is 5.88. The summed E-state index contributed by atoms with van der Waals surface area (Å²) in [6.07, 6.45) is 3.05. The molecule has 29 heavy (non-hydrogen) atoms. The average Bonchev–Trinajstić information content (AvgIpc) is 3.05. The number of fused-ring (bicyclic) bond motifs is 3. The van der Waals surface area contributed by atoms with Crippen LogP contribution in [-0.4, -0.2) is 45.3 Å². The Labute approximate surface area is 170 Å². The van der Waals surface area contributed by atoms with Crippen LogP contribution in [0.15, 0.2) is 12.1 Å². The lowest BCUT2D eigenvalue weighted by Gasteiger charge is -2.13. The maximum absolute atomic E-state index is 11.6. The first-order chi connectivity index (χ1) is 13.9. The molecule has 0 atom stereocenters. The van der Waals surface area contributed by atoms with E-state index in [0.717, 1.165) is 54.0 Å². The van der Waals surface area contributed by atoms with E-state index in [-0.39, 0.29) is 12.1 Å². The Bertz CT molecular complexity index is 1010. The van der Waals surface area contributed by atoms with E-state index in [4.69, 9.17) is 14.5 Å². The summed E-state index contributed by atoms with van der Waals surface area (Å²) in [5.41, 5.74) is 3.48. The molecule has 8 heteroatoms. The van der Waals surface area contributed by atoms with E-state index in [1.165, 1.54) is 0 Å². The molecule has 1 N–H and O–H groups in total. The number of nitrogens with zero attached hydrogens (tertiary/aromatic N) is 4. The number of anilines is 1. The SMILES string of the molecule is COc1cc(C)cc2c1nc(NCCCCCC(=O)OC(C)C)c1nnc(C)n12.